The number of nitrogens with one attached hydrogen (secondary N) is 1. The molecule has 0 fully saturated rings. The summed E-state index contributed by atoms with van der Waals surface area (Å²) in [4.78, 5) is 12.3. The lowest BCUT2D eigenvalue weighted by molar-refractivity contribution is -0.122. The third-order valence-electron chi connectivity index (χ3n) is 4.19. The van der Waals surface area contributed by atoms with E-state index in [4.69, 9.17) is 27.9 Å². The summed E-state index contributed by atoms with van der Waals surface area (Å²) in [5, 5.41) is 3.64. The van der Waals surface area contributed by atoms with Gasteiger partial charge in [0.25, 0.3) is 5.91 Å². The molecule has 0 radical (unpaired) electrons. The smallest absolute Gasteiger partial charge is 0.265 e. The standard InChI is InChI=1S/C19H19Cl2NO2/c1-12(19(23)22-15-7-9-17(20)18(21)11-15)24-16-8-6-13-4-2-3-5-14(13)10-16/h6-12H,2-5H2,1H3,(H,22,23). The summed E-state index contributed by atoms with van der Waals surface area (Å²) in [5.41, 5.74) is 3.31. The van der Waals surface area contributed by atoms with E-state index in [0.29, 0.717) is 15.7 Å². The Bertz CT molecular complexity index is 761. The summed E-state index contributed by atoms with van der Waals surface area (Å²) in [5.74, 6) is 0.499. The number of carbonyl (C=O) groups excluding carboxylic acids is 1. The molecule has 0 heterocycles. The minimum absolute atomic E-state index is 0.230. The average Bonchev–Trinajstić information content (AvgIpc) is 2.58. The normalized spacial score (nSPS) is 14.6. The van der Waals surface area contributed by atoms with Crippen LogP contribution in [-0.4, -0.2) is 12.0 Å². The Morgan fingerprint density at radius 1 is 1.04 bits per heavy atom. The van der Waals surface area contributed by atoms with Gasteiger partial charge in [-0.1, -0.05) is 29.3 Å². The van der Waals surface area contributed by atoms with Crippen molar-refractivity contribution in [1.29, 1.82) is 0 Å². The van der Waals surface area contributed by atoms with Crippen molar-refractivity contribution >= 4 is 34.8 Å². The SMILES string of the molecule is CC(Oc1ccc2c(c1)CCCC2)C(=O)Nc1ccc(Cl)c(Cl)c1. The molecule has 3 nitrogen and oxygen atoms in total. The molecular weight excluding hydrogens is 345 g/mol. The molecule has 3 rings (SSSR count). The summed E-state index contributed by atoms with van der Waals surface area (Å²) in [7, 11) is 0. The van der Waals surface area contributed by atoms with Crippen molar-refractivity contribution in [3.8, 4) is 5.75 Å². The van der Waals surface area contributed by atoms with Crippen molar-refractivity contribution in [2.45, 2.75) is 38.7 Å². The second kappa shape index (κ2) is 7.45. The quantitative estimate of drug-likeness (QED) is 0.802. The van der Waals surface area contributed by atoms with Crippen LogP contribution in [0.5, 0.6) is 5.75 Å². The molecule has 2 aromatic rings. The second-order valence-corrected chi connectivity index (χ2v) is 6.83. The third-order valence-corrected chi connectivity index (χ3v) is 4.93. The van der Waals surface area contributed by atoms with E-state index < -0.39 is 6.10 Å². The van der Waals surface area contributed by atoms with Gasteiger partial charge in [0.05, 0.1) is 10.0 Å². The fourth-order valence-electron chi connectivity index (χ4n) is 2.86. The number of rotatable bonds is 4. The number of hydrogen-bond donors (Lipinski definition) is 1. The van der Waals surface area contributed by atoms with Crippen LogP contribution in [0.2, 0.25) is 10.0 Å². The van der Waals surface area contributed by atoms with Gasteiger partial charge >= 0.3 is 0 Å². The molecule has 1 aliphatic rings. The number of amides is 1. The Hall–Kier alpha value is -1.71. The van der Waals surface area contributed by atoms with Gasteiger partial charge < -0.3 is 10.1 Å². The largest absolute Gasteiger partial charge is 0.481 e. The fraction of sp³-hybridized carbons (Fsp3) is 0.316. The van der Waals surface area contributed by atoms with Crippen LogP contribution in [0.3, 0.4) is 0 Å². The predicted molar refractivity (Wildman–Crippen MR) is 98.3 cm³/mol. The van der Waals surface area contributed by atoms with Crippen molar-refractivity contribution in [3.63, 3.8) is 0 Å². The summed E-state index contributed by atoms with van der Waals surface area (Å²) in [6.45, 7) is 1.73. The van der Waals surface area contributed by atoms with Gasteiger partial charge in [0.2, 0.25) is 0 Å². The molecule has 2 aromatic carbocycles. The van der Waals surface area contributed by atoms with Gasteiger partial charge in [0, 0.05) is 5.69 Å². The monoisotopic (exact) mass is 363 g/mol. The molecule has 1 unspecified atom stereocenters. The van der Waals surface area contributed by atoms with E-state index in [1.165, 1.54) is 24.0 Å². The van der Waals surface area contributed by atoms with Crippen LogP contribution in [0, 0.1) is 0 Å². The number of anilines is 1. The van der Waals surface area contributed by atoms with Gasteiger partial charge in [-0.25, -0.2) is 0 Å². The number of ether oxygens (including phenoxy) is 1. The third kappa shape index (κ3) is 4.03. The van der Waals surface area contributed by atoms with Crippen molar-refractivity contribution < 1.29 is 9.53 Å². The molecule has 0 saturated carbocycles. The maximum Gasteiger partial charge on any atom is 0.265 e. The molecule has 0 aromatic heterocycles. The number of benzene rings is 2. The highest BCUT2D eigenvalue weighted by molar-refractivity contribution is 6.42. The van der Waals surface area contributed by atoms with Crippen LogP contribution in [0.25, 0.3) is 0 Å². The number of fused-ring (bicyclic) bond motifs is 1. The Balaban J connectivity index is 1.64. The van der Waals surface area contributed by atoms with Crippen molar-refractivity contribution in [3.05, 3.63) is 57.6 Å². The predicted octanol–water partition coefficient (Wildman–Crippen LogP) is 5.28. The topological polar surface area (TPSA) is 38.3 Å². The Kier molecular flexibility index (Phi) is 5.32. The average molecular weight is 364 g/mol. The van der Waals surface area contributed by atoms with E-state index in [0.717, 1.165) is 18.6 Å². The highest BCUT2D eigenvalue weighted by Crippen LogP contribution is 2.27. The molecule has 5 heteroatoms. The first-order valence-corrected chi connectivity index (χ1v) is 8.83. The molecule has 1 N–H and O–H groups in total. The van der Waals surface area contributed by atoms with Gasteiger partial charge in [-0.05, 0) is 74.1 Å². The molecule has 0 saturated heterocycles. The van der Waals surface area contributed by atoms with Gasteiger partial charge in [0.15, 0.2) is 6.10 Å². The van der Waals surface area contributed by atoms with Crippen LogP contribution in [0.1, 0.15) is 30.9 Å². The number of halogens is 2. The zero-order valence-electron chi connectivity index (χ0n) is 13.4. The highest BCUT2D eigenvalue weighted by atomic mass is 35.5. The van der Waals surface area contributed by atoms with E-state index >= 15 is 0 Å². The maximum absolute atomic E-state index is 12.3. The minimum atomic E-state index is -0.610. The van der Waals surface area contributed by atoms with E-state index in [-0.39, 0.29) is 5.91 Å². The van der Waals surface area contributed by atoms with E-state index in [2.05, 4.69) is 17.4 Å². The van der Waals surface area contributed by atoms with Crippen molar-refractivity contribution in [2.75, 3.05) is 5.32 Å². The lowest BCUT2D eigenvalue weighted by atomic mass is 9.92. The molecule has 1 amide bonds. The number of aryl methyl sites for hydroxylation is 2. The van der Waals surface area contributed by atoms with E-state index in [9.17, 15) is 4.79 Å². The lowest BCUT2D eigenvalue weighted by Gasteiger charge is -2.19. The van der Waals surface area contributed by atoms with Crippen LogP contribution in [0.15, 0.2) is 36.4 Å². The highest BCUT2D eigenvalue weighted by Gasteiger charge is 2.17. The molecule has 0 bridgehead atoms. The fourth-order valence-corrected chi connectivity index (χ4v) is 3.16. The summed E-state index contributed by atoms with van der Waals surface area (Å²) >= 11 is 11.8. The van der Waals surface area contributed by atoms with Crippen LogP contribution in [0.4, 0.5) is 5.69 Å². The first-order valence-electron chi connectivity index (χ1n) is 8.07. The van der Waals surface area contributed by atoms with E-state index in [1.807, 2.05) is 6.07 Å². The number of carbonyl (C=O) groups is 1. The molecule has 126 valence electrons. The Morgan fingerprint density at radius 3 is 2.54 bits per heavy atom. The number of hydrogen-bond acceptors (Lipinski definition) is 2. The second-order valence-electron chi connectivity index (χ2n) is 6.02. The van der Waals surface area contributed by atoms with Crippen molar-refractivity contribution in [1.82, 2.24) is 0 Å². The van der Waals surface area contributed by atoms with Gasteiger partial charge in [-0.2, -0.15) is 0 Å². The summed E-state index contributed by atoms with van der Waals surface area (Å²) < 4.78 is 5.80. The Morgan fingerprint density at radius 2 is 1.79 bits per heavy atom. The van der Waals surface area contributed by atoms with Crippen molar-refractivity contribution in [2.24, 2.45) is 0 Å². The zero-order chi connectivity index (χ0) is 17.1. The molecular formula is C19H19Cl2NO2. The first-order chi connectivity index (χ1) is 11.5. The maximum atomic E-state index is 12.3. The molecule has 0 spiro atoms. The van der Waals surface area contributed by atoms with E-state index in [1.54, 1.807) is 25.1 Å². The Labute approximate surface area is 151 Å². The first kappa shape index (κ1) is 17.1. The van der Waals surface area contributed by atoms with Gasteiger partial charge in [0.1, 0.15) is 5.75 Å². The molecule has 1 aliphatic carbocycles. The van der Waals surface area contributed by atoms with Crippen LogP contribution < -0.4 is 10.1 Å². The zero-order valence-corrected chi connectivity index (χ0v) is 15.0. The summed E-state index contributed by atoms with van der Waals surface area (Å²) in [6.07, 6.45) is 4.06. The van der Waals surface area contributed by atoms with Gasteiger partial charge in [-0.15, -0.1) is 0 Å². The van der Waals surface area contributed by atoms with Crippen LogP contribution >= 0.6 is 23.2 Å². The molecule has 24 heavy (non-hydrogen) atoms. The van der Waals surface area contributed by atoms with Gasteiger partial charge in [-0.3, -0.25) is 4.79 Å². The summed E-state index contributed by atoms with van der Waals surface area (Å²) in [6, 6.07) is 11.1. The molecule has 0 aliphatic heterocycles. The van der Waals surface area contributed by atoms with Crippen LogP contribution in [-0.2, 0) is 17.6 Å². The minimum Gasteiger partial charge on any atom is -0.481 e. The molecule has 1 atom stereocenters. The lowest BCUT2D eigenvalue weighted by Crippen LogP contribution is -2.30.